The molecule has 1 atom stereocenters. The van der Waals surface area contributed by atoms with E-state index in [4.69, 9.17) is 4.74 Å². The molecule has 23 heavy (non-hydrogen) atoms. The Kier molecular flexibility index (Phi) is 4.63. The van der Waals surface area contributed by atoms with Crippen LogP contribution >= 0.6 is 11.3 Å². The van der Waals surface area contributed by atoms with E-state index in [1.165, 1.54) is 0 Å². The highest BCUT2D eigenvalue weighted by atomic mass is 32.1. The molecule has 122 valence electrons. The predicted octanol–water partition coefficient (Wildman–Crippen LogP) is 3.43. The number of nitrogens with zero attached hydrogens (tertiary/aromatic N) is 3. The fourth-order valence-electron chi connectivity index (χ4n) is 2.80. The summed E-state index contributed by atoms with van der Waals surface area (Å²) in [6.45, 7) is 7.78. The van der Waals surface area contributed by atoms with Crippen LogP contribution in [0.3, 0.4) is 0 Å². The van der Waals surface area contributed by atoms with E-state index in [0.29, 0.717) is 19.7 Å². The predicted molar refractivity (Wildman–Crippen MR) is 93.1 cm³/mol. The zero-order chi connectivity index (χ0) is 16.4. The van der Waals surface area contributed by atoms with E-state index in [2.05, 4.69) is 4.98 Å². The second-order valence-corrected chi connectivity index (χ2v) is 6.27. The summed E-state index contributed by atoms with van der Waals surface area (Å²) < 4.78 is 9.17. The SMILES string of the molecule is CCO[C@H](C)c1nc(Cn2c(=O)n(CC)c3ccccc32)cs1. The van der Waals surface area contributed by atoms with E-state index >= 15 is 0 Å². The number of imidazole rings is 1. The molecule has 0 aliphatic heterocycles. The van der Waals surface area contributed by atoms with Gasteiger partial charge < -0.3 is 4.74 Å². The Labute approximate surface area is 139 Å². The summed E-state index contributed by atoms with van der Waals surface area (Å²) in [7, 11) is 0. The van der Waals surface area contributed by atoms with Gasteiger partial charge in [0.05, 0.1) is 23.3 Å². The Morgan fingerprint density at radius 1 is 1.22 bits per heavy atom. The highest BCUT2D eigenvalue weighted by molar-refractivity contribution is 7.09. The van der Waals surface area contributed by atoms with E-state index in [1.807, 2.05) is 50.4 Å². The molecular formula is C17H21N3O2S. The quantitative estimate of drug-likeness (QED) is 0.695. The molecule has 0 aliphatic carbocycles. The Morgan fingerprint density at radius 2 is 1.91 bits per heavy atom. The summed E-state index contributed by atoms with van der Waals surface area (Å²) >= 11 is 1.58. The maximum Gasteiger partial charge on any atom is 0.329 e. The average molecular weight is 331 g/mol. The molecule has 0 N–H and O–H groups in total. The summed E-state index contributed by atoms with van der Waals surface area (Å²) in [6, 6.07) is 7.89. The molecule has 0 saturated carbocycles. The van der Waals surface area contributed by atoms with Crippen molar-refractivity contribution in [1.82, 2.24) is 14.1 Å². The number of ether oxygens (including phenoxy) is 1. The van der Waals surface area contributed by atoms with Crippen LogP contribution in [-0.2, 0) is 17.8 Å². The van der Waals surface area contributed by atoms with Crippen LogP contribution in [0.5, 0.6) is 0 Å². The van der Waals surface area contributed by atoms with Crippen molar-refractivity contribution < 1.29 is 4.74 Å². The monoisotopic (exact) mass is 331 g/mol. The second-order valence-electron chi connectivity index (χ2n) is 5.38. The van der Waals surface area contributed by atoms with Gasteiger partial charge in [-0.25, -0.2) is 9.78 Å². The van der Waals surface area contributed by atoms with Crippen molar-refractivity contribution in [3.63, 3.8) is 0 Å². The normalized spacial score (nSPS) is 12.8. The van der Waals surface area contributed by atoms with Crippen LogP contribution < -0.4 is 5.69 Å². The molecule has 0 amide bonds. The van der Waals surface area contributed by atoms with Crippen LogP contribution in [0.25, 0.3) is 11.0 Å². The summed E-state index contributed by atoms with van der Waals surface area (Å²) in [6.07, 6.45) is -0.00699. The third-order valence-corrected chi connectivity index (χ3v) is 4.95. The molecule has 3 rings (SSSR count). The molecule has 0 spiro atoms. The van der Waals surface area contributed by atoms with Crippen molar-refractivity contribution >= 4 is 22.4 Å². The summed E-state index contributed by atoms with van der Waals surface area (Å²) in [5.41, 5.74) is 2.84. The van der Waals surface area contributed by atoms with Crippen molar-refractivity contribution in [1.29, 1.82) is 0 Å². The van der Waals surface area contributed by atoms with Gasteiger partial charge in [-0.1, -0.05) is 12.1 Å². The zero-order valence-corrected chi connectivity index (χ0v) is 14.5. The Hall–Kier alpha value is -1.92. The lowest BCUT2D eigenvalue weighted by Crippen LogP contribution is -2.24. The lowest BCUT2D eigenvalue weighted by atomic mass is 10.3. The molecule has 2 heterocycles. The topological polar surface area (TPSA) is 49.1 Å². The molecule has 1 aromatic carbocycles. The number of hydrogen-bond donors (Lipinski definition) is 0. The molecule has 0 saturated heterocycles. The van der Waals surface area contributed by atoms with Crippen molar-refractivity contribution in [2.24, 2.45) is 0 Å². The maximum atomic E-state index is 12.6. The van der Waals surface area contributed by atoms with E-state index in [0.717, 1.165) is 21.7 Å². The third kappa shape index (κ3) is 2.96. The largest absolute Gasteiger partial charge is 0.372 e. The van der Waals surface area contributed by atoms with Crippen LogP contribution in [0.4, 0.5) is 0 Å². The van der Waals surface area contributed by atoms with Crippen LogP contribution in [0.15, 0.2) is 34.4 Å². The average Bonchev–Trinajstić information content (AvgIpc) is 3.12. The minimum absolute atomic E-state index is 0.00699. The van der Waals surface area contributed by atoms with Gasteiger partial charge in [0.15, 0.2) is 0 Å². The first-order chi connectivity index (χ1) is 11.2. The number of aryl methyl sites for hydroxylation is 1. The molecule has 6 heteroatoms. The number of aromatic nitrogens is 3. The lowest BCUT2D eigenvalue weighted by Gasteiger charge is -2.07. The Morgan fingerprint density at radius 3 is 2.57 bits per heavy atom. The standard InChI is InChI=1S/C17H21N3O2S/c1-4-19-14-8-6-7-9-15(14)20(17(19)21)10-13-11-23-16(18-13)12(3)22-5-2/h6-9,11-12H,4-5,10H2,1-3H3/t12-/m1/s1. The maximum absolute atomic E-state index is 12.6. The van der Waals surface area contributed by atoms with Gasteiger partial charge in [0.1, 0.15) is 11.1 Å². The third-order valence-electron chi connectivity index (χ3n) is 3.90. The smallest absolute Gasteiger partial charge is 0.329 e. The van der Waals surface area contributed by atoms with Crippen molar-refractivity contribution in [3.05, 3.63) is 50.8 Å². The molecule has 0 unspecified atom stereocenters. The molecule has 5 nitrogen and oxygen atoms in total. The van der Waals surface area contributed by atoms with Gasteiger partial charge in [-0.2, -0.15) is 0 Å². The first kappa shape index (κ1) is 16.0. The molecule has 0 aliphatic rings. The van der Waals surface area contributed by atoms with E-state index in [1.54, 1.807) is 20.5 Å². The first-order valence-corrected chi connectivity index (χ1v) is 8.77. The zero-order valence-electron chi connectivity index (χ0n) is 13.7. The minimum atomic E-state index is -0.00699. The Bertz CT molecular complexity index is 862. The number of fused-ring (bicyclic) bond motifs is 1. The van der Waals surface area contributed by atoms with Crippen LogP contribution in [0, 0.1) is 0 Å². The van der Waals surface area contributed by atoms with Crippen LogP contribution in [0.2, 0.25) is 0 Å². The molecule has 0 radical (unpaired) electrons. The minimum Gasteiger partial charge on any atom is -0.372 e. The summed E-state index contributed by atoms with van der Waals surface area (Å²) in [5.74, 6) is 0. The van der Waals surface area contributed by atoms with Gasteiger partial charge in [-0.05, 0) is 32.9 Å². The highest BCUT2D eigenvalue weighted by Gasteiger charge is 2.15. The number of benzene rings is 1. The molecule has 3 aromatic rings. The van der Waals surface area contributed by atoms with Crippen molar-refractivity contribution in [3.8, 4) is 0 Å². The van der Waals surface area contributed by atoms with Crippen LogP contribution in [0.1, 0.15) is 37.6 Å². The summed E-state index contributed by atoms with van der Waals surface area (Å²) in [4.78, 5) is 17.3. The highest BCUT2D eigenvalue weighted by Crippen LogP contribution is 2.22. The van der Waals surface area contributed by atoms with Crippen LogP contribution in [-0.4, -0.2) is 20.7 Å². The van der Waals surface area contributed by atoms with Crippen molar-refractivity contribution in [2.45, 2.75) is 40.0 Å². The first-order valence-electron chi connectivity index (χ1n) is 7.89. The number of thiazole rings is 1. The fraction of sp³-hybridized carbons (Fsp3) is 0.412. The van der Waals surface area contributed by atoms with Gasteiger partial charge in [-0.15, -0.1) is 11.3 Å². The van der Waals surface area contributed by atoms with Gasteiger partial charge >= 0.3 is 5.69 Å². The van der Waals surface area contributed by atoms with Gasteiger partial charge in [0.2, 0.25) is 0 Å². The molecule has 2 aromatic heterocycles. The van der Waals surface area contributed by atoms with E-state index in [9.17, 15) is 4.79 Å². The molecule has 0 bridgehead atoms. The number of hydrogen-bond acceptors (Lipinski definition) is 4. The number of para-hydroxylation sites is 2. The van der Waals surface area contributed by atoms with E-state index in [-0.39, 0.29) is 11.8 Å². The van der Waals surface area contributed by atoms with Gasteiger partial charge in [0.25, 0.3) is 0 Å². The lowest BCUT2D eigenvalue weighted by molar-refractivity contribution is 0.0761. The van der Waals surface area contributed by atoms with Crippen molar-refractivity contribution in [2.75, 3.05) is 6.61 Å². The Balaban J connectivity index is 1.96. The summed E-state index contributed by atoms with van der Waals surface area (Å²) in [5, 5.41) is 2.96. The van der Waals surface area contributed by atoms with Gasteiger partial charge in [0, 0.05) is 18.5 Å². The molecular weight excluding hydrogens is 310 g/mol. The fourth-order valence-corrected chi connectivity index (χ4v) is 3.61. The van der Waals surface area contributed by atoms with Gasteiger partial charge in [-0.3, -0.25) is 9.13 Å². The van der Waals surface area contributed by atoms with E-state index < -0.39 is 0 Å². The molecule has 0 fully saturated rings. The number of rotatable bonds is 6. The second kappa shape index (κ2) is 6.68.